The highest BCUT2D eigenvalue weighted by molar-refractivity contribution is 6.08. The number of ketones is 2. The van der Waals surface area contributed by atoms with Gasteiger partial charge in [0.25, 0.3) is 0 Å². The van der Waals surface area contributed by atoms with Crippen molar-refractivity contribution in [3.63, 3.8) is 0 Å². The Bertz CT molecular complexity index is 973. The summed E-state index contributed by atoms with van der Waals surface area (Å²) in [6, 6.07) is 13.9. The van der Waals surface area contributed by atoms with Gasteiger partial charge in [0.15, 0.2) is 19.0 Å². The van der Waals surface area contributed by atoms with Crippen molar-refractivity contribution in [1.82, 2.24) is 4.98 Å². The van der Waals surface area contributed by atoms with Gasteiger partial charge in [-0.25, -0.2) is 4.79 Å². The van der Waals surface area contributed by atoms with E-state index in [1.54, 1.807) is 30.5 Å². The van der Waals surface area contributed by atoms with E-state index in [9.17, 15) is 14.4 Å². The molecule has 0 unspecified atom stereocenters. The van der Waals surface area contributed by atoms with Gasteiger partial charge in [-0.15, -0.1) is 0 Å². The largest absolute Gasteiger partial charge is 0.482 e. The molecule has 0 fully saturated rings. The van der Waals surface area contributed by atoms with Gasteiger partial charge in [0, 0.05) is 28.2 Å². The van der Waals surface area contributed by atoms with Gasteiger partial charge in [0.1, 0.15) is 5.75 Å². The molecule has 0 aliphatic rings. The first-order valence-electron chi connectivity index (χ1n) is 8.03. The molecule has 0 aliphatic heterocycles. The van der Waals surface area contributed by atoms with E-state index >= 15 is 0 Å². The highest BCUT2D eigenvalue weighted by atomic mass is 16.6. The molecule has 0 saturated heterocycles. The molecular formula is C20H17NO5. The smallest absolute Gasteiger partial charge is 0.344 e. The summed E-state index contributed by atoms with van der Waals surface area (Å²) < 4.78 is 10.3. The van der Waals surface area contributed by atoms with Crippen LogP contribution in [0.15, 0.2) is 54.7 Å². The van der Waals surface area contributed by atoms with E-state index < -0.39 is 5.97 Å². The number of aromatic amines is 1. The van der Waals surface area contributed by atoms with Crippen LogP contribution in [0.2, 0.25) is 0 Å². The van der Waals surface area contributed by atoms with E-state index in [2.05, 4.69) is 4.98 Å². The van der Waals surface area contributed by atoms with Crippen molar-refractivity contribution in [2.45, 2.75) is 6.92 Å². The molecule has 3 aromatic rings. The maximum atomic E-state index is 12.2. The highest BCUT2D eigenvalue weighted by Crippen LogP contribution is 2.18. The minimum Gasteiger partial charge on any atom is -0.482 e. The molecule has 0 bridgehead atoms. The van der Waals surface area contributed by atoms with Gasteiger partial charge in [-0.05, 0) is 25.1 Å². The van der Waals surface area contributed by atoms with Gasteiger partial charge >= 0.3 is 5.97 Å². The number of hydrogen-bond acceptors (Lipinski definition) is 5. The Labute approximate surface area is 149 Å². The number of benzene rings is 2. The summed E-state index contributed by atoms with van der Waals surface area (Å²) in [5.41, 5.74) is 1.81. The van der Waals surface area contributed by atoms with Gasteiger partial charge in [0.2, 0.25) is 5.78 Å². The number of aromatic nitrogens is 1. The fourth-order valence-electron chi connectivity index (χ4n) is 2.51. The minimum absolute atomic E-state index is 0.0950. The van der Waals surface area contributed by atoms with E-state index in [1.165, 1.54) is 6.92 Å². The lowest BCUT2D eigenvalue weighted by Gasteiger charge is -2.07. The van der Waals surface area contributed by atoms with Crippen LogP contribution < -0.4 is 4.74 Å². The zero-order chi connectivity index (χ0) is 18.5. The van der Waals surface area contributed by atoms with E-state index in [1.807, 2.05) is 24.3 Å². The van der Waals surface area contributed by atoms with Crippen LogP contribution >= 0.6 is 0 Å². The van der Waals surface area contributed by atoms with E-state index in [0.29, 0.717) is 16.9 Å². The molecule has 0 amide bonds. The summed E-state index contributed by atoms with van der Waals surface area (Å²) in [5, 5.41) is 0.783. The van der Waals surface area contributed by atoms with E-state index in [-0.39, 0.29) is 24.8 Å². The number of para-hydroxylation sites is 1. The summed E-state index contributed by atoms with van der Waals surface area (Å²) in [6.45, 7) is 0.740. The van der Waals surface area contributed by atoms with Crippen molar-refractivity contribution in [3.05, 3.63) is 65.9 Å². The lowest BCUT2D eigenvalue weighted by molar-refractivity contribution is -0.144. The first-order valence-corrected chi connectivity index (χ1v) is 8.03. The summed E-state index contributed by atoms with van der Waals surface area (Å²) >= 11 is 0. The van der Waals surface area contributed by atoms with Crippen molar-refractivity contribution in [1.29, 1.82) is 0 Å². The van der Waals surface area contributed by atoms with Gasteiger partial charge < -0.3 is 14.5 Å². The third-order valence-electron chi connectivity index (χ3n) is 3.85. The van der Waals surface area contributed by atoms with Crippen LogP contribution in [0.1, 0.15) is 27.6 Å². The van der Waals surface area contributed by atoms with Crippen molar-refractivity contribution in [3.8, 4) is 5.75 Å². The number of carbonyl (C=O) groups is 3. The van der Waals surface area contributed by atoms with Crippen molar-refractivity contribution >= 4 is 28.4 Å². The van der Waals surface area contributed by atoms with E-state index in [4.69, 9.17) is 9.47 Å². The second-order valence-electron chi connectivity index (χ2n) is 5.70. The Morgan fingerprint density at radius 1 is 1.00 bits per heavy atom. The van der Waals surface area contributed by atoms with Gasteiger partial charge in [0.05, 0.1) is 0 Å². The number of carbonyl (C=O) groups excluding carboxylic acids is 3. The number of H-pyrrole nitrogens is 1. The predicted octanol–water partition coefficient (Wildman–Crippen LogP) is 3.18. The molecule has 2 aromatic carbocycles. The topological polar surface area (TPSA) is 85.5 Å². The first-order chi connectivity index (χ1) is 12.5. The van der Waals surface area contributed by atoms with Crippen LogP contribution in [0.3, 0.4) is 0 Å². The zero-order valence-electron chi connectivity index (χ0n) is 14.2. The fourth-order valence-corrected chi connectivity index (χ4v) is 2.51. The predicted molar refractivity (Wildman–Crippen MR) is 95.5 cm³/mol. The number of Topliss-reactive ketones (excluding diaryl/α,β-unsaturated/α-hetero) is 2. The third kappa shape index (κ3) is 3.97. The van der Waals surface area contributed by atoms with Gasteiger partial charge in [-0.1, -0.05) is 30.3 Å². The molecular weight excluding hydrogens is 334 g/mol. The molecule has 0 saturated carbocycles. The van der Waals surface area contributed by atoms with Crippen molar-refractivity contribution < 1.29 is 23.9 Å². The molecule has 6 heteroatoms. The molecule has 26 heavy (non-hydrogen) atoms. The summed E-state index contributed by atoms with van der Waals surface area (Å²) in [6.07, 6.45) is 1.60. The molecule has 6 nitrogen and oxygen atoms in total. The van der Waals surface area contributed by atoms with Crippen LogP contribution in [0.25, 0.3) is 10.9 Å². The Hall–Kier alpha value is -3.41. The SMILES string of the molecule is CC(=O)c1cccc(OCC(=O)OCC(=O)c2c[nH]c3ccccc23)c1. The fraction of sp³-hybridized carbons (Fsp3) is 0.150. The first kappa shape index (κ1) is 17.4. The summed E-state index contributed by atoms with van der Waals surface area (Å²) in [5.74, 6) is -0.666. The quantitative estimate of drug-likeness (QED) is 0.522. The molecule has 1 heterocycles. The van der Waals surface area contributed by atoms with Crippen LogP contribution in [0.4, 0.5) is 0 Å². The molecule has 132 valence electrons. The zero-order valence-corrected chi connectivity index (χ0v) is 14.2. The van der Waals surface area contributed by atoms with Crippen LogP contribution in [0.5, 0.6) is 5.75 Å². The Morgan fingerprint density at radius 2 is 1.81 bits per heavy atom. The number of nitrogens with one attached hydrogen (secondary N) is 1. The molecule has 0 atom stereocenters. The Kier molecular flexibility index (Phi) is 5.12. The lowest BCUT2D eigenvalue weighted by atomic mass is 10.1. The lowest BCUT2D eigenvalue weighted by Crippen LogP contribution is -2.19. The van der Waals surface area contributed by atoms with Crippen LogP contribution in [-0.2, 0) is 9.53 Å². The summed E-state index contributed by atoms with van der Waals surface area (Å²) in [7, 11) is 0. The number of hydrogen-bond donors (Lipinski definition) is 1. The molecule has 0 spiro atoms. The Morgan fingerprint density at radius 3 is 2.62 bits per heavy atom. The molecule has 1 aromatic heterocycles. The third-order valence-corrected chi connectivity index (χ3v) is 3.85. The maximum Gasteiger partial charge on any atom is 0.344 e. The monoisotopic (exact) mass is 351 g/mol. The maximum absolute atomic E-state index is 12.2. The minimum atomic E-state index is -0.661. The molecule has 1 N–H and O–H groups in total. The van der Waals surface area contributed by atoms with Crippen LogP contribution in [0, 0.1) is 0 Å². The Balaban J connectivity index is 1.53. The van der Waals surface area contributed by atoms with Crippen molar-refractivity contribution in [2.75, 3.05) is 13.2 Å². The second kappa shape index (κ2) is 7.65. The summed E-state index contributed by atoms with van der Waals surface area (Å²) in [4.78, 5) is 38.4. The normalized spacial score (nSPS) is 10.5. The average Bonchev–Trinajstić information content (AvgIpc) is 3.09. The van der Waals surface area contributed by atoms with Crippen molar-refractivity contribution in [2.24, 2.45) is 0 Å². The average molecular weight is 351 g/mol. The van der Waals surface area contributed by atoms with Gasteiger partial charge in [-0.2, -0.15) is 0 Å². The van der Waals surface area contributed by atoms with Gasteiger partial charge in [-0.3, -0.25) is 9.59 Å². The van der Waals surface area contributed by atoms with E-state index in [0.717, 1.165) is 10.9 Å². The molecule has 3 rings (SSSR count). The standard InChI is InChI=1S/C20H17NO5/c1-13(22)14-5-4-6-15(9-14)25-12-20(24)26-11-19(23)17-10-21-18-8-3-2-7-16(17)18/h2-10,21H,11-12H2,1H3. The van der Waals surface area contributed by atoms with Crippen LogP contribution in [-0.4, -0.2) is 35.7 Å². The highest BCUT2D eigenvalue weighted by Gasteiger charge is 2.14. The second-order valence-corrected chi connectivity index (χ2v) is 5.70. The molecule has 0 radical (unpaired) electrons. The number of fused-ring (bicyclic) bond motifs is 1. The number of esters is 1. The molecule has 0 aliphatic carbocycles. The number of rotatable bonds is 7. The number of ether oxygens (including phenoxy) is 2.